The number of hydrogen-bond donors (Lipinski definition) is 2. The van der Waals surface area contributed by atoms with Crippen LogP contribution in [0.25, 0.3) is 11.0 Å². The normalized spacial score (nSPS) is 12.3. The molecule has 0 saturated carbocycles. The third kappa shape index (κ3) is 2.65. The van der Waals surface area contributed by atoms with Gasteiger partial charge in [-0.05, 0) is 26.0 Å². The molecule has 1 aromatic carbocycles. The van der Waals surface area contributed by atoms with E-state index in [0.29, 0.717) is 23.7 Å². The zero-order chi connectivity index (χ0) is 15.5. The van der Waals surface area contributed by atoms with Crippen molar-refractivity contribution in [2.75, 3.05) is 6.61 Å². The number of carbonyl (C=O) groups excluding carboxylic acids is 1. The van der Waals surface area contributed by atoms with Gasteiger partial charge in [-0.1, -0.05) is 12.1 Å². The first kappa shape index (κ1) is 14.1. The average molecular weight is 300 g/mol. The minimum absolute atomic E-state index is 0.165. The van der Waals surface area contributed by atoms with Gasteiger partial charge in [-0.25, -0.2) is 4.98 Å². The quantitative estimate of drug-likeness (QED) is 0.755. The van der Waals surface area contributed by atoms with Crippen LogP contribution in [0.3, 0.4) is 0 Å². The number of carbonyl (C=O) groups is 1. The molecule has 22 heavy (non-hydrogen) atoms. The number of furan rings is 1. The monoisotopic (exact) mass is 300 g/mol. The number of aromatic nitrogens is 3. The number of fused-ring (bicyclic) bond motifs is 1. The Balaban J connectivity index is 1.83. The Kier molecular flexibility index (Phi) is 3.78. The molecule has 1 atom stereocenters. The number of nitrogens with one attached hydrogen (secondary N) is 2. The van der Waals surface area contributed by atoms with Crippen LogP contribution in [0.2, 0.25) is 0 Å². The molecule has 0 bridgehead atoms. The van der Waals surface area contributed by atoms with Gasteiger partial charge >= 0.3 is 0 Å². The van der Waals surface area contributed by atoms with E-state index in [2.05, 4.69) is 20.5 Å². The second-order valence-corrected chi connectivity index (χ2v) is 4.79. The van der Waals surface area contributed by atoms with E-state index in [1.54, 1.807) is 0 Å². The zero-order valence-corrected chi connectivity index (χ0v) is 12.3. The van der Waals surface area contributed by atoms with Gasteiger partial charge in [-0.3, -0.25) is 9.89 Å². The lowest BCUT2D eigenvalue weighted by Gasteiger charge is -2.09. The van der Waals surface area contributed by atoms with E-state index < -0.39 is 0 Å². The van der Waals surface area contributed by atoms with E-state index in [9.17, 15) is 4.79 Å². The lowest BCUT2D eigenvalue weighted by atomic mass is 10.2. The average Bonchev–Trinajstić information content (AvgIpc) is 3.17. The summed E-state index contributed by atoms with van der Waals surface area (Å²) in [6.07, 6.45) is 1.29. The molecule has 114 valence electrons. The van der Waals surface area contributed by atoms with Crippen LogP contribution in [0.1, 0.15) is 36.3 Å². The third-order valence-electron chi connectivity index (χ3n) is 3.23. The Morgan fingerprint density at radius 1 is 1.50 bits per heavy atom. The fraction of sp³-hybridized carbons (Fsp3) is 0.267. The summed E-state index contributed by atoms with van der Waals surface area (Å²) in [5, 5.41) is 9.91. The van der Waals surface area contributed by atoms with Gasteiger partial charge in [-0.15, -0.1) is 0 Å². The van der Waals surface area contributed by atoms with Gasteiger partial charge in [0.1, 0.15) is 12.1 Å². The molecular formula is C15H16N4O3. The van der Waals surface area contributed by atoms with Crippen molar-refractivity contribution >= 4 is 16.9 Å². The number of aromatic amines is 1. The predicted octanol–water partition coefficient (Wildman–Crippen LogP) is 2.44. The Hall–Kier alpha value is -2.83. The van der Waals surface area contributed by atoms with E-state index in [-0.39, 0.29) is 17.8 Å². The van der Waals surface area contributed by atoms with Crippen molar-refractivity contribution in [2.45, 2.75) is 19.9 Å². The SMILES string of the molecule is CCOc1cccc2cc([C@@H](C)NC(=O)c3ncn[nH]3)oc12. The molecule has 0 aliphatic carbocycles. The molecule has 0 aliphatic rings. The molecule has 0 unspecified atom stereocenters. The molecule has 0 aliphatic heterocycles. The first-order chi connectivity index (χ1) is 10.7. The van der Waals surface area contributed by atoms with Gasteiger partial charge in [0.15, 0.2) is 11.3 Å². The van der Waals surface area contributed by atoms with Crippen molar-refractivity contribution in [1.29, 1.82) is 0 Å². The number of amides is 1. The number of H-pyrrole nitrogens is 1. The molecule has 0 saturated heterocycles. The first-order valence-electron chi connectivity index (χ1n) is 7.00. The smallest absolute Gasteiger partial charge is 0.289 e. The maximum atomic E-state index is 12.0. The van der Waals surface area contributed by atoms with E-state index >= 15 is 0 Å². The summed E-state index contributed by atoms with van der Waals surface area (Å²) in [5.41, 5.74) is 0.681. The molecule has 7 nitrogen and oxygen atoms in total. The molecule has 2 aromatic heterocycles. The predicted molar refractivity (Wildman–Crippen MR) is 79.6 cm³/mol. The second-order valence-electron chi connectivity index (χ2n) is 4.79. The van der Waals surface area contributed by atoms with E-state index in [4.69, 9.17) is 9.15 Å². The fourth-order valence-electron chi connectivity index (χ4n) is 2.19. The number of para-hydroxylation sites is 1. The molecular weight excluding hydrogens is 284 g/mol. The van der Waals surface area contributed by atoms with Crippen LogP contribution in [0.4, 0.5) is 0 Å². The Morgan fingerprint density at radius 3 is 3.09 bits per heavy atom. The molecule has 2 N–H and O–H groups in total. The summed E-state index contributed by atoms with van der Waals surface area (Å²) in [4.78, 5) is 15.8. The maximum Gasteiger partial charge on any atom is 0.289 e. The number of nitrogens with zero attached hydrogens (tertiary/aromatic N) is 2. The maximum absolute atomic E-state index is 12.0. The summed E-state index contributed by atoms with van der Waals surface area (Å²) < 4.78 is 11.4. The van der Waals surface area contributed by atoms with Crippen molar-refractivity contribution in [2.24, 2.45) is 0 Å². The third-order valence-corrected chi connectivity index (χ3v) is 3.23. The summed E-state index contributed by atoms with van der Waals surface area (Å²) in [6, 6.07) is 7.29. The molecule has 2 heterocycles. The number of rotatable bonds is 5. The van der Waals surface area contributed by atoms with Gasteiger partial charge in [0, 0.05) is 5.39 Å². The molecule has 7 heteroatoms. The Labute approximate surface area is 126 Å². The highest BCUT2D eigenvalue weighted by Gasteiger charge is 2.18. The van der Waals surface area contributed by atoms with Crippen LogP contribution < -0.4 is 10.1 Å². The Bertz CT molecular complexity index is 779. The van der Waals surface area contributed by atoms with Gasteiger partial charge in [0.25, 0.3) is 5.91 Å². The van der Waals surface area contributed by atoms with Crippen molar-refractivity contribution < 1.29 is 13.9 Å². The standard InChI is InChI=1S/C15H16N4O3/c1-3-21-11-6-4-5-10-7-12(22-13(10)11)9(2)18-15(20)14-16-8-17-19-14/h4-9H,3H2,1-2H3,(H,18,20)(H,16,17,19)/t9-/m1/s1. The minimum Gasteiger partial charge on any atom is -0.490 e. The molecule has 0 radical (unpaired) electrons. The Morgan fingerprint density at radius 2 is 2.36 bits per heavy atom. The summed E-state index contributed by atoms with van der Waals surface area (Å²) in [5.74, 6) is 1.17. The van der Waals surface area contributed by atoms with Crippen molar-refractivity contribution in [1.82, 2.24) is 20.5 Å². The number of benzene rings is 1. The molecule has 0 spiro atoms. The largest absolute Gasteiger partial charge is 0.490 e. The molecule has 3 rings (SSSR count). The van der Waals surface area contributed by atoms with Crippen LogP contribution in [-0.4, -0.2) is 27.7 Å². The summed E-state index contributed by atoms with van der Waals surface area (Å²) in [7, 11) is 0. The van der Waals surface area contributed by atoms with Crippen molar-refractivity contribution in [3.05, 3.63) is 42.2 Å². The van der Waals surface area contributed by atoms with Crippen molar-refractivity contribution in [3.8, 4) is 5.75 Å². The van der Waals surface area contributed by atoms with Gasteiger partial charge in [0.2, 0.25) is 5.82 Å². The van der Waals surface area contributed by atoms with E-state index in [1.807, 2.05) is 38.1 Å². The highest BCUT2D eigenvalue weighted by Crippen LogP contribution is 2.31. The molecule has 0 fully saturated rings. The topological polar surface area (TPSA) is 93.0 Å². The summed E-state index contributed by atoms with van der Waals surface area (Å²) >= 11 is 0. The van der Waals surface area contributed by atoms with Gasteiger partial charge < -0.3 is 14.5 Å². The lowest BCUT2D eigenvalue weighted by Crippen LogP contribution is -2.27. The van der Waals surface area contributed by atoms with E-state index in [1.165, 1.54) is 6.33 Å². The highest BCUT2D eigenvalue weighted by atomic mass is 16.5. The number of hydrogen-bond acceptors (Lipinski definition) is 5. The van der Waals surface area contributed by atoms with Crippen LogP contribution in [0, 0.1) is 0 Å². The van der Waals surface area contributed by atoms with Gasteiger partial charge in [-0.2, -0.15) is 5.10 Å². The molecule has 1 amide bonds. The van der Waals surface area contributed by atoms with E-state index in [0.717, 1.165) is 5.39 Å². The van der Waals surface area contributed by atoms with Crippen LogP contribution in [-0.2, 0) is 0 Å². The van der Waals surface area contributed by atoms with Crippen molar-refractivity contribution in [3.63, 3.8) is 0 Å². The van der Waals surface area contributed by atoms with Crippen LogP contribution in [0.15, 0.2) is 35.0 Å². The van der Waals surface area contributed by atoms with Gasteiger partial charge in [0.05, 0.1) is 12.6 Å². The van der Waals surface area contributed by atoms with Crippen LogP contribution in [0.5, 0.6) is 5.75 Å². The minimum atomic E-state index is -0.338. The zero-order valence-electron chi connectivity index (χ0n) is 12.3. The highest BCUT2D eigenvalue weighted by molar-refractivity contribution is 5.90. The molecule has 3 aromatic rings. The van der Waals surface area contributed by atoms with Crippen LogP contribution >= 0.6 is 0 Å². The number of ether oxygens (including phenoxy) is 1. The lowest BCUT2D eigenvalue weighted by molar-refractivity contribution is 0.0925. The summed E-state index contributed by atoms with van der Waals surface area (Å²) in [6.45, 7) is 4.32. The first-order valence-corrected chi connectivity index (χ1v) is 7.00. The fourth-order valence-corrected chi connectivity index (χ4v) is 2.19. The second kappa shape index (κ2) is 5.88.